The van der Waals surface area contributed by atoms with Gasteiger partial charge in [-0.05, 0) is 45.3 Å². The number of aromatic nitrogens is 3. The fourth-order valence-corrected chi connectivity index (χ4v) is 5.15. The van der Waals surface area contributed by atoms with Crippen LogP contribution in [0, 0.1) is 6.92 Å². The zero-order valence-corrected chi connectivity index (χ0v) is 20.4. The molecule has 37 heavy (non-hydrogen) atoms. The second kappa shape index (κ2) is 8.65. The Labute approximate surface area is 215 Å². The van der Waals surface area contributed by atoms with E-state index in [-0.39, 0.29) is 0 Å². The maximum atomic E-state index is 4.94. The van der Waals surface area contributed by atoms with Gasteiger partial charge in [0, 0.05) is 16.7 Å². The van der Waals surface area contributed by atoms with Crippen molar-refractivity contribution >= 4 is 32.3 Å². The van der Waals surface area contributed by atoms with E-state index in [1.54, 1.807) is 0 Å². The highest BCUT2D eigenvalue weighted by atomic mass is 15.0. The topological polar surface area (TPSA) is 38.7 Å². The summed E-state index contributed by atoms with van der Waals surface area (Å²) in [5, 5.41) is 7.48. The third-order valence-electron chi connectivity index (χ3n) is 6.95. The molecule has 7 rings (SSSR count). The van der Waals surface area contributed by atoms with Crippen LogP contribution in [-0.4, -0.2) is 15.0 Å². The standard InChI is InChI=1S/C34H23N3/c1-22-16-18-28-26-14-8-9-15-27(26)31-21-25(17-19-29(31)30(28)20-22)34-36-32(23-10-4-2-5-11-23)35-33(37-34)24-12-6-3-7-13-24/h2-21H,1H3. The highest BCUT2D eigenvalue weighted by Gasteiger charge is 2.14. The van der Waals surface area contributed by atoms with Crippen LogP contribution in [0.4, 0.5) is 0 Å². The molecule has 0 radical (unpaired) electrons. The third-order valence-corrected chi connectivity index (χ3v) is 6.95. The first-order valence-corrected chi connectivity index (χ1v) is 12.5. The number of aryl methyl sites for hydroxylation is 1. The molecule has 3 nitrogen and oxygen atoms in total. The van der Waals surface area contributed by atoms with Crippen molar-refractivity contribution in [3.8, 4) is 34.2 Å². The van der Waals surface area contributed by atoms with Crippen LogP contribution >= 0.6 is 0 Å². The monoisotopic (exact) mass is 473 g/mol. The first-order valence-electron chi connectivity index (χ1n) is 12.5. The van der Waals surface area contributed by atoms with Crippen LogP contribution in [0.5, 0.6) is 0 Å². The van der Waals surface area contributed by atoms with Crippen molar-refractivity contribution in [2.75, 3.05) is 0 Å². The summed E-state index contributed by atoms with van der Waals surface area (Å²) in [5.74, 6) is 2.01. The Kier molecular flexibility index (Phi) is 5.00. The van der Waals surface area contributed by atoms with Crippen molar-refractivity contribution in [1.82, 2.24) is 15.0 Å². The summed E-state index contributed by atoms with van der Waals surface area (Å²) in [7, 11) is 0. The van der Waals surface area contributed by atoms with Crippen LogP contribution < -0.4 is 0 Å². The molecule has 0 N–H and O–H groups in total. The minimum atomic E-state index is 0.669. The minimum Gasteiger partial charge on any atom is -0.208 e. The molecule has 1 heterocycles. The van der Waals surface area contributed by atoms with Gasteiger partial charge < -0.3 is 0 Å². The van der Waals surface area contributed by atoms with Gasteiger partial charge in [-0.3, -0.25) is 0 Å². The van der Waals surface area contributed by atoms with Gasteiger partial charge in [0.05, 0.1) is 0 Å². The number of hydrogen-bond acceptors (Lipinski definition) is 3. The van der Waals surface area contributed by atoms with E-state index in [2.05, 4.69) is 67.6 Å². The smallest absolute Gasteiger partial charge is 0.164 e. The summed E-state index contributed by atoms with van der Waals surface area (Å²) in [6, 6.07) is 42.1. The molecule has 0 atom stereocenters. The van der Waals surface area contributed by atoms with Gasteiger partial charge in [-0.1, -0.05) is 121 Å². The Morgan fingerprint density at radius 2 is 0.784 bits per heavy atom. The van der Waals surface area contributed by atoms with Crippen molar-refractivity contribution in [2.45, 2.75) is 6.92 Å². The van der Waals surface area contributed by atoms with E-state index in [4.69, 9.17) is 15.0 Å². The van der Waals surface area contributed by atoms with Crippen LogP contribution in [0.2, 0.25) is 0 Å². The summed E-state index contributed by atoms with van der Waals surface area (Å²) in [5.41, 5.74) is 4.17. The third kappa shape index (κ3) is 3.73. The average Bonchev–Trinajstić information content (AvgIpc) is 2.97. The molecule has 0 spiro atoms. The Morgan fingerprint density at radius 3 is 1.41 bits per heavy atom. The van der Waals surface area contributed by atoms with Crippen LogP contribution in [0.1, 0.15) is 5.56 Å². The first-order chi connectivity index (χ1) is 18.2. The molecule has 0 aliphatic carbocycles. The molecule has 0 saturated carbocycles. The van der Waals surface area contributed by atoms with Crippen LogP contribution in [-0.2, 0) is 0 Å². The molecule has 6 aromatic carbocycles. The molecule has 0 unspecified atom stereocenters. The van der Waals surface area contributed by atoms with Gasteiger partial charge in [0.2, 0.25) is 0 Å². The molecule has 7 aromatic rings. The summed E-state index contributed by atoms with van der Waals surface area (Å²) in [6.07, 6.45) is 0. The fourth-order valence-electron chi connectivity index (χ4n) is 5.15. The summed E-state index contributed by atoms with van der Waals surface area (Å²) in [4.78, 5) is 14.7. The van der Waals surface area contributed by atoms with Crippen LogP contribution in [0.25, 0.3) is 66.5 Å². The molecule has 174 valence electrons. The van der Waals surface area contributed by atoms with Gasteiger partial charge in [0.1, 0.15) is 0 Å². The van der Waals surface area contributed by atoms with Crippen molar-refractivity contribution in [2.24, 2.45) is 0 Å². The van der Waals surface area contributed by atoms with Crippen molar-refractivity contribution in [3.63, 3.8) is 0 Å². The molecule has 0 aliphatic heterocycles. The molecule has 0 aliphatic rings. The fraction of sp³-hybridized carbons (Fsp3) is 0.0294. The van der Waals surface area contributed by atoms with E-state index >= 15 is 0 Å². The number of nitrogens with zero attached hydrogens (tertiary/aromatic N) is 3. The number of hydrogen-bond donors (Lipinski definition) is 0. The van der Waals surface area contributed by atoms with Crippen LogP contribution in [0.3, 0.4) is 0 Å². The first kappa shape index (κ1) is 21.4. The molecular weight excluding hydrogens is 450 g/mol. The van der Waals surface area contributed by atoms with Gasteiger partial charge in [-0.25, -0.2) is 15.0 Å². The van der Waals surface area contributed by atoms with Gasteiger partial charge in [-0.2, -0.15) is 0 Å². The lowest BCUT2D eigenvalue weighted by Gasteiger charge is -2.13. The van der Waals surface area contributed by atoms with Gasteiger partial charge >= 0.3 is 0 Å². The Hall–Kier alpha value is -4.89. The van der Waals surface area contributed by atoms with Gasteiger partial charge in [0.15, 0.2) is 17.5 Å². The second-order valence-electron chi connectivity index (χ2n) is 9.39. The maximum Gasteiger partial charge on any atom is 0.164 e. The van der Waals surface area contributed by atoms with E-state index < -0.39 is 0 Å². The highest BCUT2D eigenvalue weighted by molar-refractivity contribution is 6.25. The zero-order chi connectivity index (χ0) is 24.8. The second-order valence-corrected chi connectivity index (χ2v) is 9.39. The summed E-state index contributed by atoms with van der Waals surface area (Å²) < 4.78 is 0. The van der Waals surface area contributed by atoms with E-state index in [0.29, 0.717) is 17.5 Å². The minimum absolute atomic E-state index is 0.669. The Morgan fingerprint density at radius 1 is 0.351 bits per heavy atom. The predicted molar refractivity (Wildman–Crippen MR) is 153 cm³/mol. The summed E-state index contributed by atoms with van der Waals surface area (Å²) in [6.45, 7) is 2.15. The molecule has 3 heteroatoms. The Balaban J connectivity index is 1.51. The summed E-state index contributed by atoms with van der Waals surface area (Å²) >= 11 is 0. The Bertz CT molecular complexity index is 1870. The number of rotatable bonds is 3. The lowest BCUT2D eigenvalue weighted by molar-refractivity contribution is 1.07. The van der Waals surface area contributed by atoms with Gasteiger partial charge in [0.25, 0.3) is 0 Å². The van der Waals surface area contributed by atoms with Crippen LogP contribution in [0.15, 0.2) is 121 Å². The zero-order valence-electron chi connectivity index (χ0n) is 20.4. The maximum absolute atomic E-state index is 4.94. The number of fused-ring (bicyclic) bond motifs is 6. The highest BCUT2D eigenvalue weighted by Crippen LogP contribution is 2.37. The molecule has 0 fully saturated rings. The normalized spacial score (nSPS) is 11.4. The lowest BCUT2D eigenvalue weighted by Crippen LogP contribution is -2.00. The molecule has 0 amide bonds. The number of benzene rings is 6. The molecule has 0 bridgehead atoms. The SMILES string of the molecule is Cc1ccc2c3ccccc3c3cc(-c4nc(-c5ccccc5)nc(-c5ccccc5)n4)ccc3c2c1. The van der Waals surface area contributed by atoms with E-state index in [1.807, 2.05) is 60.7 Å². The van der Waals surface area contributed by atoms with Crippen molar-refractivity contribution in [3.05, 3.63) is 127 Å². The van der Waals surface area contributed by atoms with E-state index in [1.165, 1.54) is 37.9 Å². The van der Waals surface area contributed by atoms with Crippen molar-refractivity contribution in [1.29, 1.82) is 0 Å². The van der Waals surface area contributed by atoms with E-state index in [9.17, 15) is 0 Å². The largest absolute Gasteiger partial charge is 0.208 e. The quantitative estimate of drug-likeness (QED) is 0.241. The molecule has 0 saturated heterocycles. The lowest BCUT2D eigenvalue weighted by atomic mass is 9.92. The molecule has 1 aromatic heterocycles. The van der Waals surface area contributed by atoms with E-state index in [0.717, 1.165) is 16.7 Å². The predicted octanol–water partition coefficient (Wildman–Crippen LogP) is 8.64. The van der Waals surface area contributed by atoms with Gasteiger partial charge in [-0.15, -0.1) is 0 Å². The molecular formula is C34H23N3. The van der Waals surface area contributed by atoms with Crippen molar-refractivity contribution < 1.29 is 0 Å². The average molecular weight is 474 g/mol.